The first-order valence-electron chi connectivity index (χ1n) is 9.17. The van der Waals surface area contributed by atoms with Crippen LogP contribution in [0.1, 0.15) is 37.4 Å². The molecule has 0 amide bonds. The van der Waals surface area contributed by atoms with Crippen LogP contribution in [0.3, 0.4) is 0 Å². The fourth-order valence-electron chi connectivity index (χ4n) is 3.90. The molecule has 4 nitrogen and oxygen atoms in total. The van der Waals surface area contributed by atoms with E-state index in [9.17, 15) is 0 Å². The molecule has 0 saturated carbocycles. The first-order valence-corrected chi connectivity index (χ1v) is 9.58. The first kappa shape index (κ1) is 17.2. The highest BCUT2D eigenvalue weighted by Gasteiger charge is 2.48. The van der Waals surface area contributed by atoms with Crippen LogP contribution in [0.2, 0.25) is 0 Å². The highest BCUT2D eigenvalue weighted by molar-refractivity contribution is 7.80. The number of thiocarbonyl (C=S) groups is 1. The summed E-state index contributed by atoms with van der Waals surface area (Å²) in [7, 11) is 0. The third-order valence-electron chi connectivity index (χ3n) is 5.17. The van der Waals surface area contributed by atoms with Gasteiger partial charge in [-0.3, -0.25) is 0 Å². The van der Waals surface area contributed by atoms with Crippen LogP contribution < -0.4 is 14.8 Å². The summed E-state index contributed by atoms with van der Waals surface area (Å²) in [5, 5.41) is 4.26. The maximum Gasteiger partial charge on any atom is 0.184 e. The number of nitrogens with zero attached hydrogens (tertiary/aromatic N) is 1. The summed E-state index contributed by atoms with van der Waals surface area (Å²) in [6.07, 6.45) is 1.77. The highest BCUT2D eigenvalue weighted by Crippen LogP contribution is 2.48. The van der Waals surface area contributed by atoms with Gasteiger partial charge in [-0.25, -0.2) is 0 Å². The van der Waals surface area contributed by atoms with Gasteiger partial charge in [0.05, 0.1) is 12.6 Å². The summed E-state index contributed by atoms with van der Waals surface area (Å²) in [4.78, 5) is 2.18. The van der Waals surface area contributed by atoms with Crippen molar-refractivity contribution in [1.29, 1.82) is 0 Å². The van der Waals surface area contributed by atoms with Gasteiger partial charge in [0.15, 0.2) is 22.3 Å². The average Bonchev–Trinajstić information content (AvgIpc) is 2.63. The van der Waals surface area contributed by atoms with Crippen LogP contribution in [-0.4, -0.2) is 28.9 Å². The standard InChI is InChI=1S/C21H24N2O2S/c1-3-24-18-11-7-10-16-17-14-21(2,25-19(16)18)23(20(26)22-17)13-12-15-8-5-4-6-9-15/h4-11,17H,3,12-14H2,1-2H3,(H,22,26). The molecule has 1 fully saturated rings. The maximum atomic E-state index is 6.52. The lowest BCUT2D eigenvalue weighted by molar-refractivity contribution is -0.0693. The normalized spacial score (nSPS) is 23.7. The fraction of sp³-hybridized carbons (Fsp3) is 0.381. The molecule has 0 aliphatic carbocycles. The summed E-state index contributed by atoms with van der Waals surface area (Å²) in [5.74, 6) is 1.64. The summed E-state index contributed by atoms with van der Waals surface area (Å²) >= 11 is 5.69. The van der Waals surface area contributed by atoms with Crippen molar-refractivity contribution in [3.63, 3.8) is 0 Å². The Morgan fingerprint density at radius 1 is 1.23 bits per heavy atom. The predicted octanol–water partition coefficient (Wildman–Crippen LogP) is 4.06. The number of para-hydroxylation sites is 1. The summed E-state index contributed by atoms with van der Waals surface area (Å²) in [6.45, 7) is 5.55. The van der Waals surface area contributed by atoms with E-state index in [-0.39, 0.29) is 6.04 Å². The Hall–Kier alpha value is -2.27. The molecule has 2 aromatic carbocycles. The Morgan fingerprint density at radius 2 is 2.04 bits per heavy atom. The molecule has 2 bridgehead atoms. The number of rotatable bonds is 5. The van der Waals surface area contributed by atoms with Crippen LogP contribution in [0.25, 0.3) is 0 Å². The van der Waals surface area contributed by atoms with E-state index in [2.05, 4.69) is 47.5 Å². The van der Waals surface area contributed by atoms with Gasteiger partial charge in [-0.15, -0.1) is 0 Å². The minimum atomic E-state index is -0.470. The van der Waals surface area contributed by atoms with Gasteiger partial charge in [0, 0.05) is 18.5 Å². The Bertz CT molecular complexity index is 811. The molecule has 0 spiro atoms. The van der Waals surface area contributed by atoms with Crippen LogP contribution in [-0.2, 0) is 6.42 Å². The van der Waals surface area contributed by atoms with E-state index in [0.29, 0.717) is 6.61 Å². The van der Waals surface area contributed by atoms with E-state index >= 15 is 0 Å². The van der Waals surface area contributed by atoms with Crippen molar-refractivity contribution in [2.45, 2.75) is 38.5 Å². The van der Waals surface area contributed by atoms with E-state index in [1.165, 1.54) is 5.56 Å². The van der Waals surface area contributed by atoms with Crippen molar-refractivity contribution in [1.82, 2.24) is 10.2 Å². The third kappa shape index (κ3) is 3.01. The zero-order chi connectivity index (χ0) is 18.1. The number of hydrogen-bond acceptors (Lipinski definition) is 3. The van der Waals surface area contributed by atoms with Gasteiger partial charge >= 0.3 is 0 Å². The van der Waals surface area contributed by atoms with Crippen LogP contribution in [0.5, 0.6) is 11.5 Å². The number of fused-ring (bicyclic) bond motifs is 4. The van der Waals surface area contributed by atoms with E-state index in [1.807, 2.05) is 25.1 Å². The number of nitrogens with one attached hydrogen (secondary N) is 1. The van der Waals surface area contributed by atoms with E-state index in [0.717, 1.165) is 41.6 Å². The molecule has 2 aliphatic rings. The van der Waals surface area contributed by atoms with E-state index in [1.54, 1.807) is 0 Å². The van der Waals surface area contributed by atoms with E-state index < -0.39 is 5.72 Å². The van der Waals surface area contributed by atoms with Crippen molar-refractivity contribution in [3.8, 4) is 11.5 Å². The van der Waals surface area contributed by atoms with Gasteiger partial charge < -0.3 is 19.7 Å². The first-order chi connectivity index (χ1) is 12.6. The van der Waals surface area contributed by atoms with Crippen LogP contribution in [0.4, 0.5) is 0 Å². The third-order valence-corrected chi connectivity index (χ3v) is 5.51. The molecule has 2 unspecified atom stereocenters. The molecule has 4 rings (SSSR count). The van der Waals surface area contributed by atoms with Crippen molar-refractivity contribution >= 4 is 17.3 Å². The molecule has 26 heavy (non-hydrogen) atoms. The van der Waals surface area contributed by atoms with Crippen molar-refractivity contribution < 1.29 is 9.47 Å². The van der Waals surface area contributed by atoms with Gasteiger partial charge in [-0.1, -0.05) is 42.5 Å². The monoisotopic (exact) mass is 368 g/mol. The second-order valence-corrected chi connectivity index (χ2v) is 7.36. The number of benzene rings is 2. The van der Waals surface area contributed by atoms with Gasteiger partial charge in [0.25, 0.3) is 0 Å². The Kier molecular flexibility index (Phi) is 4.49. The molecule has 1 N–H and O–H groups in total. The summed E-state index contributed by atoms with van der Waals surface area (Å²) < 4.78 is 12.3. The van der Waals surface area contributed by atoms with Crippen molar-refractivity contribution in [2.24, 2.45) is 0 Å². The summed E-state index contributed by atoms with van der Waals surface area (Å²) in [6, 6.07) is 16.7. The van der Waals surface area contributed by atoms with Crippen LogP contribution >= 0.6 is 12.2 Å². The van der Waals surface area contributed by atoms with Crippen molar-refractivity contribution in [2.75, 3.05) is 13.2 Å². The summed E-state index contributed by atoms with van der Waals surface area (Å²) in [5.41, 5.74) is 1.95. The van der Waals surface area contributed by atoms with Gasteiger partial charge in [-0.05, 0) is 44.1 Å². The van der Waals surface area contributed by atoms with Gasteiger partial charge in [0.2, 0.25) is 0 Å². The van der Waals surface area contributed by atoms with Crippen LogP contribution in [0, 0.1) is 0 Å². The van der Waals surface area contributed by atoms with Gasteiger partial charge in [0.1, 0.15) is 0 Å². The number of ether oxygens (including phenoxy) is 2. The predicted molar refractivity (Wildman–Crippen MR) is 107 cm³/mol. The molecule has 2 aliphatic heterocycles. The minimum Gasteiger partial charge on any atom is -0.490 e. The SMILES string of the molecule is CCOc1cccc2c1OC1(C)CC2NC(=S)N1CCc1ccccc1. The van der Waals surface area contributed by atoms with Crippen LogP contribution in [0.15, 0.2) is 48.5 Å². The quantitative estimate of drug-likeness (QED) is 0.805. The lowest BCUT2D eigenvalue weighted by atomic mass is 9.90. The molecular weight excluding hydrogens is 344 g/mol. The zero-order valence-electron chi connectivity index (χ0n) is 15.2. The lowest BCUT2D eigenvalue weighted by Gasteiger charge is -2.52. The second kappa shape index (κ2) is 6.80. The number of hydrogen-bond donors (Lipinski definition) is 1. The smallest absolute Gasteiger partial charge is 0.184 e. The topological polar surface area (TPSA) is 33.7 Å². The molecule has 0 aromatic heterocycles. The molecule has 136 valence electrons. The van der Waals surface area contributed by atoms with Crippen molar-refractivity contribution in [3.05, 3.63) is 59.7 Å². The molecule has 1 saturated heterocycles. The molecule has 0 radical (unpaired) electrons. The van der Waals surface area contributed by atoms with E-state index in [4.69, 9.17) is 21.7 Å². The molecular formula is C21H24N2O2S. The molecule has 2 heterocycles. The Balaban J connectivity index is 1.62. The second-order valence-electron chi connectivity index (χ2n) is 6.98. The lowest BCUT2D eigenvalue weighted by Crippen LogP contribution is -2.64. The average molecular weight is 369 g/mol. The highest BCUT2D eigenvalue weighted by atomic mass is 32.1. The minimum absolute atomic E-state index is 0.157. The largest absolute Gasteiger partial charge is 0.490 e. The zero-order valence-corrected chi connectivity index (χ0v) is 16.0. The van der Waals surface area contributed by atoms with Gasteiger partial charge in [-0.2, -0.15) is 0 Å². The Morgan fingerprint density at radius 3 is 2.81 bits per heavy atom. The maximum absolute atomic E-state index is 6.52. The molecule has 2 aromatic rings. The molecule has 5 heteroatoms. The molecule has 2 atom stereocenters. The Labute approximate surface area is 160 Å². The fourth-order valence-corrected chi connectivity index (χ4v) is 4.32.